The van der Waals surface area contributed by atoms with Crippen molar-refractivity contribution in [3.05, 3.63) is 18.0 Å². The number of anilines is 1. The van der Waals surface area contributed by atoms with Crippen LogP contribution in [0.1, 0.15) is 18.9 Å². The number of aromatic nitrogens is 2. The predicted octanol–water partition coefficient (Wildman–Crippen LogP) is 1.91. The minimum atomic E-state index is 0.893. The van der Waals surface area contributed by atoms with Gasteiger partial charge in [-0.15, -0.1) is 0 Å². The zero-order chi connectivity index (χ0) is 13.5. The van der Waals surface area contributed by atoms with E-state index in [4.69, 9.17) is 0 Å². The summed E-state index contributed by atoms with van der Waals surface area (Å²) in [7, 11) is 0. The number of rotatable bonds is 6. The smallest absolute Gasteiger partial charge is 0.225 e. The second-order valence-electron chi connectivity index (χ2n) is 4.96. The fraction of sp³-hybridized carbons (Fsp3) is 0.714. The molecule has 1 aromatic heterocycles. The maximum Gasteiger partial charge on any atom is 0.225 e. The van der Waals surface area contributed by atoms with Crippen molar-refractivity contribution in [2.75, 3.05) is 49.6 Å². The fourth-order valence-electron chi connectivity index (χ4n) is 2.32. The first-order valence-electron chi connectivity index (χ1n) is 7.10. The largest absolute Gasteiger partial charge is 0.338 e. The van der Waals surface area contributed by atoms with Gasteiger partial charge in [-0.2, -0.15) is 11.8 Å². The molecule has 4 nitrogen and oxygen atoms in total. The molecule has 0 N–H and O–H groups in total. The summed E-state index contributed by atoms with van der Waals surface area (Å²) in [6, 6.07) is 0. The SMILES string of the molecule is CCCc1cnc(N2CCN(CCSC)CC2)nc1. The lowest BCUT2D eigenvalue weighted by atomic mass is 10.2. The minimum Gasteiger partial charge on any atom is -0.338 e. The molecule has 19 heavy (non-hydrogen) atoms. The molecule has 0 aliphatic carbocycles. The van der Waals surface area contributed by atoms with E-state index in [1.165, 1.54) is 17.9 Å². The summed E-state index contributed by atoms with van der Waals surface area (Å²) in [6.45, 7) is 7.72. The molecular weight excluding hydrogens is 256 g/mol. The number of nitrogens with zero attached hydrogens (tertiary/aromatic N) is 4. The molecule has 1 aliphatic rings. The highest BCUT2D eigenvalue weighted by atomic mass is 32.2. The van der Waals surface area contributed by atoms with Crippen LogP contribution in [0, 0.1) is 0 Å². The van der Waals surface area contributed by atoms with E-state index in [0.29, 0.717) is 0 Å². The summed E-state index contributed by atoms with van der Waals surface area (Å²) in [4.78, 5) is 13.8. The fourth-order valence-corrected chi connectivity index (χ4v) is 2.76. The first-order valence-corrected chi connectivity index (χ1v) is 8.50. The Morgan fingerprint density at radius 1 is 1.16 bits per heavy atom. The highest BCUT2D eigenvalue weighted by Crippen LogP contribution is 2.11. The molecule has 0 spiro atoms. The van der Waals surface area contributed by atoms with E-state index >= 15 is 0 Å². The van der Waals surface area contributed by atoms with Gasteiger partial charge in [-0.05, 0) is 18.2 Å². The zero-order valence-corrected chi connectivity index (χ0v) is 12.8. The Hall–Kier alpha value is -0.810. The van der Waals surface area contributed by atoms with E-state index in [9.17, 15) is 0 Å². The summed E-state index contributed by atoms with van der Waals surface area (Å²) >= 11 is 1.92. The summed E-state index contributed by atoms with van der Waals surface area (Å²) in [5, 5.41) is 0. The molecular formula is C14H24N4S. The third-order valence-corrected chi connectivity index (χ3v) is 4.09. The zero-order valence-electron chi connectivity index (χ0n) is 12.0. The van der Waals surface area contributed by atoms with Crippen LogP contribution in [0.25, 0.3) is 0 Å². The average molecular weight is 280 g/mol. The van der Waals surface area contributed by atoms with Crippen LogP contribution < -0.4 is 4.90 Å². The summed E-state index contributed by atoms with van der Waals surface area (Å²) < 4.78 is 0. The molecule has 106 valence electrons. The van der Waals surface area contributed by atoms with E-state index in [2.05, 4.69) is 32.9 Å². The van der Waals surface area contributed by atoms with Gasteiger partial charge in [0.2, 0.25) is 5.95 Å². The highest BCUT2D eigenvalue weighted by molar-refractivity contribution is 7.98. The monoisotopic (exact) mass is 280 g/mol. The molecule has 0 bridgehead atoms. The maximum absolute atomic E-state index is 4.50. The van der Waals surface area contributed by atoms with Gasteiger partial charge in [0.25, 0.3) is 0 Å². The number of hydrogen-bond donors (Lipinski definition) is 0. The van der Waals surface area contributed by atoms with Gasteiger partial charge >= 0.3 is 0 Å². The lowest BCUT2D eigenvalue weighted by Crippen LogP contribution is -2.47. The van der Waals surface area contributed by atoms with Gasteiger partial charge in [-0.3, -0.25) is 4.90 Å². The van der Waals surface area contributed by atoms with Crippen LogP contribution in [0.4, 0.5) is 5.95 Å². The van der Waals surface area contributed by atoms with Crippen LogP contribution in [0.5, 0.6) is 0 Å². The number of hydrogen-bond acceptors (Lipinski definition) is 5. The van der Waals surface area contributed by atoms with Crippen LogP contribution in [0.15, 0.2) is 12.4 Å². The molecule has 1 saturated heterocycles. The lowest BCUT2D eigenvalue weighted by molar-refractivity contribution is 0.272. The molecule has 2 rings (SSSR count). The van der Waals surface area contributed by atoms with Gasteiger partial charge in [-0.25, -0.2) is 9.97 Å². The molecule has 0 unspecified atom stereocenters. The van der Waals surface area contributed by atoms with Gasteiger partial charge in [0.1, 0.15) is 0 Å². The van der Waals surface area contributed by atoms with Crippen molar-refractivity contribution < 1.29 is 0 Å². The van der Waals surface area contributed by atoms with Crippen LogP contribution in [-0.4, -0.2) is 59.6 Å². The van der Waals surface area contributed by atoms with Gasteiger partial charge in [0.15, 0.2) is 0 Å². The summed E-state index contributed by atoms with van der Waals surface area (Å²) in [5.41, 5.74) is 1.24. The normalized spacial score (nSPS) is 16.8. The second kappa shape index (κ2) is 7.70. The van der Waals surface area contributed by atoms with Crippen molar-refractivity contribution in [1.29, 1.82) is 0 Å². The number of aryl methyl sites for hydroxylation is 1. The standard InChI is InChI=1S/C14H24N4S/c1-3-4-13-11-15-14(16-12-13)18-7-5-17(6-8-18)9-10-19-2/h11-12H,3-10H2,1-2H3. The minimum absolute atomic E-state index is 0.893. The first kappa shape index (κ1) is 14.6. The second-order valence-corrected chi connectivity index (χ2v) is 5.95. The molecule has 1 aromatic rings. The quantitative estimate of drug-likeness (QED) is 0.795. The molecule has 0 radical (unpaired) electrons. The molecule has 0 saturated carbocycles. The molecule has 0 amide bonds. The molecule has 5 heteroatoms. The third-order valence-electron chi connectivity index (χ3n) is 3.50. The van der Waals surface area contributed by atoms with E-state index < -0.39 is 0 Å². The molecule has 2 heterocycles. The van der Waals surface area contributed by atoms with Crippen molar-refractivity contribution in [2.45, 2.75) is 19.8 Å². The Labute approximate surface area is 120 Å². The Bertz CT molecular complexity index is 360. The van der Waals surface area contributed by atoms with Crippen molar-refractivity contribution in [3.8, 4) is 0 Å². The van der Waals surface area contributed by atoms with Gasteiger partial charge in [0, 0.05) is 50.9 Å². The highest BCUT2D eigenvalue weighted by Gasteiger charge is 2.18. The van der Waals surface area contributed by atoms with Gasteiger partial charge < -0.3 is 4.90 Å². The van der Waals surface area contributed by atoms with E-state index in [1.807, 2.05) is 24.2 Å². The van der Waals surface area contributed by atoms with Gasteiger partial charge in [0.05, 0.1) is 0 Å². The molecule has 0 aromatic carbocycles. The topological polar surface area (TPSA) is 32.3 Å². The van der Waals surface area contributed by atoms with Crippen LogP contribution >= 0.6 is 11.8 Å². The molecule has 0 atom stereocenters. The van der Waals surface area contributed by atoms with Crippen LogP contribution in [-0.2, 0) is 6.42 Å². The lowest BCUT2D eigenvalue weighted by Gasteiger charge is -2.34. The molecule has 1 fully saturated rings. The Morgan fingerprint density at radius 3 is 2.42 bits per heavy atom. The van der Waals surface area contributed by atoms with Crippen molar-refractivity contribution in [2.24, 2.45) is 0 Å². The average Bonchev–Trinajstić information content (AvgIpc) is 2.47. The van der Waals surface area contributed by atoms with Crippen LogP contribution in [0.3, 0.4) is 0 Å². The Kier molecular flexibility index (Phi) is 5.92. The Balaban J connectivity index is 1.83. The Morgan fingerprint density at radius 2 is 1.84 bits per heavy atom. The van der Waals surface area contributed by atoms with Crippen molar-refractivity contribution in [1.82, 2.24) is 14.9 Å². The molecule has 1 aliphatic heterocycles. The predicted molar refractivity (Wildman–Crippen MR) is 83.1 cm³/mol. The van der Waals surface area contributed by atoms with E-state index in [0.717, 1.165) is 45.0 Å². The van der Waals surface area contributed by atoms with Crippen molar-refractivity contribution in [3.63, 3.8) is 0 Å². The van der Waals surface area contributed by atoms with Crippen molar-refractivity contribution >= 4 is 17.7 Å². The van der Waals surface area contributed by atoms with E-state index in [1.54, 1.807) is 0 Å². The van der Waals surface area contributed by atoms with Gasteiger partial charge in [-0.1, -0.05) is 13.3 Å². The summed E-state index contributed by atoms with van der Waals surface area (Å²) in [5.74, 6) is 2.12. The van der Waals surface area contributed by atoms with Crippen LogP contribution in [0.2, 0.25) is 0 Å². The maximum atomic E-state index is 4.50. The summed E-state index contributed by atoms with van der Waals surface area (Å²) in [6.07, 6.45) is 8.35. The van der Waals surface area contributed by atoms with E-state index in [-0.39, 0.29) is 0 Å². The number of thioether (sulfide) groups is 1. The first-order chi connectivity index (χ1) is 9.33. The number of piperazine rings is 1. The third kappa shape index (κ3) is 4.35.